The molecule has 1 aromatic heterocycles. The van der Waals surface area contributed by atoms with Gasteiger partial charge in [0.25, 0.3) is 0 Å². The fourth-order valence-electron chi connectivity index (χ4n) is 1.12. The van der Waals surface area contributed by atoms with Crippen LogP contribution in [0, 0.1) is 0 Å². The van der Waals surface area contributed by atoms with E-state index in [0.29, 0.717) is 6.42 Å². The monoisotopic (exact) mass is 212 g/mol. The number of ether oxygens (including phenoxy) is 1. The zero-order valence-corrected chi connectivity index (χ0v) is 9.19. The number of carbonyl (C=O) groups excluding carboxylic acids is 1. The molecule has 0 aromatic carbocycles. The van der Waals surface area contributed by atoms with E-state index in [0.717, 1.165) is 12.1 Å². The van der Waals surface area contributed by atoms with Gasteiger partial charge < -0.3 is 15.5 Å². The van der Waals surface area contributed by atoms with E-state index < -0.39 is 0 Å². The maximum Gasteiger partial charge on any atom is 0.365 e. The molecule has 0 amide bonds. The summed E-state index contributed by atoms with van der Waals surface area (Å²) in [6, 6.07) is -0.376. The molecule has 1 rings (SSSR count). The van der Waals surface area contributed by atoms with Crippen molar-refractivity contribution in [2.75, 3.05) is 0 Å². The number of carbonyl (C=O) groups is 1. The molecular formula is C10H18N3O2+. The average Bonchev–Trinajstić information content (AvgIpc) is 2.70. The van der Waals surface area contributed by atoms with Crippen molar-refractivity contribution in [3.63, 3.8) is 0 Å². The molecule has 0 saturated carbocycles. The highest BCUT2D eigenvalue weighted by Gasteiger charge is 2.21. The fraction of sp³-hybridized carbons (Fsp3) is 0.600. The lowest BCUT2D eigenvalue weighted by molar-refractivity contribution is -0.408. The van der Waals surface area contributed by atoms with Gasteiger partial charge in [-0.2, -0.15) is 0 Å². The predicted octanol–water partition coefficient (Wildman–Crippen LogP) is -0.0956. The number of nitrogens with zero attached hydrogens (tertiary/aromatic N) is 1. The molecular weight excluding hydrogens is 194 g/mol. The van der Waals surface area contributed by atoms with E-state index >= 15 is 0 Å². The van der Waals surface area contributed by atoms with Gasteiger partial charge in [0.2, 0.25) is 0 Å². The third-order valence-corrected chi connectivity index (χ3v) is 2.25. The number of nitrogens with one attached hydrogen (secondary N) is 1. The summed E-state index contributed by atoms with van der Waals surface area (Å²) >= 11 is 0. The smallest absolute Gasteiger partial charge is 0.365 e. The van der Waals surface area contributed by atoms with E-state index in [4.69, 9.17) is 4.74 Å². The van der Waals surface area contributed by atoms with Gasteiger partial charge in [0, 0.05) is 11.9 Å². The lowest BCUT2D eigenvalue weighted by Crippen LogP contribution is -2.66. The van der Waals surface area contributed by atoms with Gasteiger partial charge >= 0.3 is 5.97 Å². The minimum Gasteiger partial charge on any atom is -0.458 e. The van der Waals surface area contributed by atoms with E-state index in [-0.39, 0.29) is 18.1 Å². The van der Waals surface area contributed by atoms with E-state index in [1.54, 1.807) is 12.5 Å². The average molecular weight is 212 g/mol. The van der Waals surface area contributed by atoms with Crippen molar-refractivity contribution in [3.05, 3.63) is 18.2 Å². The summed E-state index contributed by atoms with van der Waals surface area (Å²) in [6.07, 6.45) is 4.60. The quantitative estimate of drug-likeness (QED) is 0.669. The first kappa shape index (κ1) is 11.7. The highest BCUT2D eigenvalue weighted by molar-refractivity contribution is 5.74. The van der Waals surface area contributed by atoms with Crippen molar-refractivity contribution in [1.29, 1.82) is 0 Å². The molecule has 0 aliphatic heterocycles. The second-order valence-corrected chi connectivity index (χ2v) is 3.63. The standard InChI is InChI=1S/C10H17N3O2/c1-3-7(2)15-10(14)9(11)4-8-5-12-6-13-8/h5-7,9H,3-4,11H2,1-2H3,(H,12,13)/p+1. The van der Waals surface area contributed by atoms with Gasteiger partial charge in [-0.15, -0.1) is 0 Å². The number of hydrogen-bond donors (Lipinski definition) is 2. The maximum atomic E-state index is 11.5. The number of imidazole rings is 1. The van der Waals surface area contributed by atoms with E-state index in [2.05, 4.69) is 15.7 Å². The largest absolute Gasteiger partial charge is 0.458 e. The van der Waals surface area contributed by atoms with Crippen LogP contribution in [0.25, 0.3) is 0 Å². The molecule has 0 saturated heterocycles. The third kappa shape index (κ3) is 3.71. The number of H-pyrrole nitrogens is 1. The Morgan fingerprint density at radius 2 is 2.47 bits per heavy atom. The number of rotatable bonds is 5. The Kier molecular flexibility index (Phi) is 4.30. The Labute approximate surface area is 89.0 Å². The molecule has 1 aromatic rings. The van der Waals surface area contributed by atoms with Crippen LogP contribution in [-0.4, -0.2) is 28.1 Å². The Balaban J connectivity index is 2.40. The summed E-state index contributed by atoms with van der Waals surface area (Å²) in [6.45, 7) is 3.85. The second kappa shape index (κ2) is 5.50. The predicted molar refractivity (Wildman–Crippen MR) is 54.8 cm³/mol. The Bertz CT molecular complexity index is 298. The van der Waals surface area contributed by atoms with Crippen LogP contribution in [0.4, 0.5) is 0 Å². The van der Waals surface area contributed by atoms with Crippen molar-refractivity contribution in [3.8, 4) is 0 Å². The van der Waals surface area contributed by atoms with Crippen LogP contribution >= 0.6 is 0 Å². The molecule has 2 atom stereocenters. The summed E-state index contributed by atoms with van der Waals surface area (Å²) in [4.78, 5) is 18.3. The van der Waals surface area contributed by atoms with Gasteiger partial charge in [0.15, 0.2) is 6.04 Å². The van der Waals surface area contributed by atoms with E-state index in [9.17, 15) is 4.79 Å². The van der Waals surface area contributed by atoms with Crippen LogP contribution in [-0.2, 0) is 16.0 Å². The summed E-state index contributed by atoms with van der Waals surface area (Å²) in [7, 11) is 0. The topological polar surface area (TPSA) is 82.6 Å². The zero-order valence-electron chi connectivity index (χ0n) is 9.19. The van der Waals surface area contributed by atoms with Crippen LogP contribution in [0.1, 0.15) is 26.0 Å². The molecule has 5 nitrogen and oxygen atoms in total. The summed E-state index contributed by atoms with van der Waals surface area (Å²) in [5, 5.41) is 0. The lowest BCUT2D eigenvalue weighted by Gasteiger charge is -2.12. The normalized spacial score (nSPS) is 14.6. The third-order valence-electron chi connectivity index (χ3n) is 2.25. The van der Waals surface area contributed by atoms with Gasteiger partial charge in [-0.05, 0) is 13.3 Å². The molecule has 0 spiro atoms. The van der Waals surface area contributed by atoms with Crippen LogP contribution in [0.2, 0.25) is 0 Å². The van der Waals surface area contributed by atoms with Crippen molar-refractivity contribution in [2.45, 2.75) is 38.8 Å². The molecule has 1 heterocycles. The van der Waals surface area contributed by atoms with Crippen molar-refractivity contribution < 1.29 is 15.3 Å². The van der Waals surface area contributed by atoms with Crippen LogP contribution in [0.3, 0.4) is 0 Å². The summed E-state index contributed by atoms with van der Waals surface area (Å²) in [5.74, 6) is -0.251. The molecule has 0 radical (unpaired) electrons. The van der Waals surface area contributed by atoms with Crippen molar-refractivity contribution in [2.24, 2.45) is 0 Å². The van der Waals surface area contributed by atoms with Gasteiger partial charge in [-0.25, -0.2) is 9.78 Å². The summed E-state index contributed by atoms with van der Waals surface area (Å²) in [5.41, 5.74) is 4.68. The molecule has 0 aliphatic carbocycles. The molecule has 5 heteroatoms. The molecule has 0 bridgehead atoms. The molecule has 15 heavy (non-hydrogen) atoms. The fourth-order valence-corrected chi connectivity index (χ4v) is 1.12. The summed E-state index contributed by atoms with van der Waals surface area (Å²) < 4.78 is 5.17. The molecule has 0 fully saturated rings. The minimum absolute atomic E-state index is 0.0384. The van der Waals surface area contributed by atoms with Gasteiger partial charge in [0.1, 0.15) is 0 Å². The number of hydrogen-bond acceptors (Lipinski definition) is 3. The first-order chi connectivity index (χ1) is 7.13. The van der Waals surface area contributed by atoms with Crippen molar-refractivity contribution >= 4 is 5.97 Å². The molecule has 2 unspecified atom stereocenters. The Hall–Kier alpha value is -1.36. The first-order valence-corrected chi connectivity index (χ1v) is 5.14. The molecule has 0 aliphatic rings. The minimum atomic E-state index is -0.376. The Morgan fingerprint density at radius 3 is 3.00 bits per heavy atom. The van der Waals surface area contributed by atoms with Crippen LogP contribution in [0.15, 0.2) is 12.5 Å². The number of esters is 1. The zero-order chi connectivity index (χ0) is 11.3. The van der Waals surface area contributed by atoms with E-state index in [1.807, 2.05) is 13.8 Å². The van der Waals surface area contributed by atoms with Gasteiger partial charge in [-0.3, -0.25) is 0 Å². The molecule has 4 N–H and O–H groups in total. The lowest BCUT2D eigenvalue weighted by atomic mass is 10.2. The Morgan fingerprint density at radius 1 is 1.73 bits per heavy atom. The highest BCUT2D eigenvalue weighted by atomic mass is 16.5. The van der Waals surface area contributed by atoms with Gasteiger partial charge in [0.05, 0.1) is 18.9 Å². The van der Waals surface area contributed by atoms with Gasteiger partial charge in [-0.1, -0.05) is 6.92 Å². The van der Waals surface area contributed by atoms with E-state index in [1.165, 1.54) is 0 Å². The first-order valence-electron chi connectivity index (χ1n) is 5.14. The van der Waals surface area contributed by atoms with Crippen molar-refractivity contribution in [1.82, 2.24) is 9.97 Å². The number of aromatic nitrogens is 2. The number of aromatic amines is 1. The van der Waals surface area contributed by atoms with Crippen LogP contribution in [0.5, 0.6) is 0 Å². The second-order valence-electron chi connectivity index (χ2n) is 3.63. The highest BCUT2D eigenvalue weighted by Crippen LogP contribution is 2.01. The molecule has 84 valence electrons. The SMILES string of the molecule is CCC(C)OC(=O)C([NH3+])Cc1cnc[nH]1. The van der Waals surface area contributed by atoms with Crippen LogP contribution < -0.4 is 5.73 Å². The maximum absolute atomic E-state index is 11.5. The number of quaternary nitrogens is 1.